The average molecular weight is 383 g/mol. The van der Waals surface area contributed by atoms with Crippen LogP contribution >= 0.6 is 0 Å². The fourth-order valence-electron chi connectivity index (χ4n) is 2.80. The quantitative estimate of drug-likeness (QED) is 0.309. The Morgan fingerprint density at radius 3 is 2.71 bits per heavy atom. The summed E-state index contributed by atoms with van der Waals surface area (Å²) >= 11 is 0. The van der Waals surface area contributed by atoms with E-state index >= 15 is 0 Å². The normalized spacial score (nSPS) is 19.3. The molecule has 1 fully saturated rings. The topological polar surface area (TPSA) is 87.7 Å². The van der Waals surface area contributed by atoms with Crippen LogP contribution in [0.3, 0.4) is 0 Å². The molecular weight excluding hydrogens is 358 g/mol. The predicted octanol–water partition coefficient (Wildman–Crippen LogP) is 1.73. The zero-order chi connectivity index (χ0) is 20.7. The molecule has 0 radical (unpaired) electrons. The lowest BCUT2D eigenvalue weighted by Gasteiger charge is -2.24. The molecule has 0 saturated carbocycles. The molecule has 0 aliphatic carbocycles. The van der Waals surface area contributed by atoms with Gasteiger partial charge in [-0.15, -0.1) is 6.58 Å². The van der Waals surface area contributed by atoms with Crippen molar-refractivity contribution in [1.29, 1.82) is 0 Å². The Bertz CT molecular complexity index is 840. The van der Waals surface area contributed by atoms with Gasteiger partial charge in [0.2, 0.25) is 0 Å². The van der Waals surface area contributed by atoms with Crippen LogP contribution < -0.4 is 15.4 Å². The maximum atomic E-state index is 12.3. The number of allylic oxidation sites excluding steroid dienone is 1. The second kappa shape index (κ2) is 9.20. The maximum Gasteiger partial charge on any atom is 0.323 e. The molecule has 1 aliphatic heterocycles. The van der Waals surface area contributed by atoms with E-state index in [1.54, 1.807) is 25.3 Å². The van der Waals surface area contributed by atoms with Crippen molar-refractivity contribution >= 4 is 18.2 Å². The van der Waals surface area contributed by atoms with Crippen LogP contribution in [-0.2, 0) is 11.3 Å². The van der Waals surface area contributed by atoms with Gasteiger partial charge in [-0.1, -0.05) is 24.0 Å². The van der Waals surface area contributed by atoms with Crippen molar-refractivity contribution in [3.8, 4) is 17.6 Å². The Balaban J connectivity index is 2.11. The SMILES string of the molecule is C=CC(C)C#CC1(CCN(C)Cc2ccc(OC)cc2C=O)NC(=O)NC1=O. The number of benzene rings is 1. The minimum Gasteiger partial charge on any atom is -0.497 e. The number of hydrogen-bond acceptors (Lipinski definition) is 5. The smallest absolute Gasteiger partial charge is 0.323 e. The molecular formula is C21H25N3O4. The molecule has 0 spiro atoms. The number of carbonyl (C=O) groups is 3. The minimum atomic E-state index is -1.27. The Morgan fingerprint density at radius 2 is 2.14 bits per heavy atom. The van der Waals surface area contributed by atoms with E-state index in [-0.39, 0.29) is 5.92 Å². The van der Waals surface area contributed by atoms with Crippen molar-refractivity contribution in [2.75, 3.05) is 20.7 Å². The van der Waals surface area contributed by atoms with Crippen LogP contribution in [0.5, 0.6) is 5.75 Å². The monoisotopic (exact) mass is 383 g/mol. The third-order valence-electron chi connectivity index (χ3n) is 4.60. The van der Waals surface area contributed by atoms with Gasteiger partial charge in [0.25, 0.3) is 5.91 Å². The summed E-state index contributed by atoms with van der Waals surface area (Å²) in [7, 11) is 3.42. The number of imide groups is 1. The number of carbonyl (C=O) groups excluding carboxylic acids is 3. The van der Waals surface area contributed by atoms with Crippen molar-refractivity contribution in [3.05, 3.63) is 42.0 Å². The van der Waals surface area contributed by atoms with Crippen LogP contribution in [0.15, 0.2) is 30.9 Å². The molecule has 2 rings (SSSR count). The van der Waals surface area contributed by atoms with E-state index in [0.717, 1.165) is 11.8 Å². The molecule has 28 heavy (non-hydrogen) atoms. The molecule has 2 atom stereocenters. The van der Waals surface area contributed by atoms with Crippen LogP contribution in [0.4, 0.5) is 4.79 Å². The fraction of sp³-hybridized carbons (Fsp3) is 0.381. The molecule has 1 heterocycles. The van der Waals surface area contributed by atoms with E-state index in [0.29, 0.717) is 30.8 Å². The van der Waals surface area contributed by atoms with Crippen LogP contribution in [0.1, 0.15) is 29.3 Å². The van der Waals surface area contributed by atoms with Crippen molar-refractivity contribution < 1.29 is 19.1 Å². The first-order valence-corrected chi connectivity index (χ1v) is 8.93. The minimum absolute atomic E-state index is 0.102. The third kappa shape index (κ3) is 4.99. The number of rotatable bonds is 8. The van der Waals surface area contributed by atoms with Crippen molar-refractivity contribution in [3.63, 3.8) is 0 Å². The number of nitrogens with zero attached hydrogens (tertiary/aromatic N) is 1. The van der Waals surface area contributed by atoms with Gasteiger partial charge in [-0.3, -0.25) is 14.9 Å². The number of ether oxygens (including phenoxy) is 1. The Kier molecular flexibility index (Phi) is 6.96. The van der Waals surface area contributed by atoms with Gasteiger partial charge in [-0.2, -0.15) is 0 Å². The van der Waals surface area contributed by atoms with E-state index in [1.165, 1.54) is 0 Å². The highest BCUT2D eigenvalue weighted by molar-refractivity contribution is 6.09. The number of hydrogen-bond donors (Lipinski definition) is 2. The van der Waals surface area contributed by atoms with Crippen LogP contribution in [0, 0.1) is 17.8 Å². The molecule has 0 bridgehead atoms. The summed E-state index contributed by atoms with van der Waals surface area (Å²) < 4.78 is 5.14. The van der Waals surface area contributed by atoms with E-state index < -0.39 is 17.5 Å². The number of amides is 3. The zero-order valence-electron chi connectivity index (χ0n) is 16.4. The average Bonchev–Trinajstić information content (AvgIpc) is 2.98. The van der Waals surface area contributed by atoms with Gasteiger partial charge in [0.15, 0.2) is 11.8 Å². The Morgan fingerprint density at radius 1 is 1.39 bits per heavy atom. The van der Waals surface area contributed by atoms with Gasteiger partial charge in [-0.25, -0.2) is 4.79 Å². The number of methoxy groups -OCH3 is 1. The van der Waals surface area contributed by atoms with Gasteiger partial charge in [0.1, 0.15) is 5.75 Å². The summed E-state index contributed by atoms with van der Waals surface area (Å²) in [5.74, 6) is 5.93. The summed E-state index contributed by atoms with van der Waals surface area (Å²) in [6, 6.07) is 4.77. The van der Waals surface area contributed by atoms with E-state index in [2.05, 4.69) is 29.1 Å². The van der Waals surface area contributed by atoms with Crippen molar-refractivity contribution in [1.82, 2.24) is 15.5 Å². The number of aldehydes is 1. The van der Waals surface area contributed by atoms with Gasteiger partial charge in [0.05, 0.1) is 7.11 Å². The summed E-state index contributed by atoms with van der Waals surface area (Å²) in [6.07, 6.45) is 2.77. The molecule has 2 unspecified atom stereocenters. The van der Waals surface area contributed by atoms with E-state index in [1.807, 2.05) is 24.9 Å². The highest BCUT2D eigenvalue weighted by atomic mass is 16.5. The van der Waals surface area contributed by atoms with Crippen molar-refractivity contribution in [2.24, 2.45) is 5.92 Å². The second-order valence-electron chi connectivity index (χ2n) is 6.78. The molecule has 1 aliphatic rings. The number of urea groups is 1. The molecule has 1 aromatic rings. The molecule has 7 nitrogen and oxygen atoms in total. The van der Waals surface area contributed by atoms with Crippen molar-refractivity contribution in [2.45, 2.75) is 25.4 Å². The summed E-state index contributed by atoms with van der Waals surface area (Å²) in [6.45, 7) is 6.52. The summed E-state index contributed by atoms with van der Waals surface area (Å²) in [5, 5.41) is 4.90. The summed E-state index contributed by atoms with van der Waals surface area (Å²) in [4.78, 5) is 37.3. The lowest BCUT2D eigenvalue weighted by atomic mass is 9.94. The molecule has 0 aromatic heterocycles. The van der Waals surface area contributed by atoms with Gasteiger partial charge in [-0.05, 0) is 31.7 Å². The highest BCUT2D eigenvalue weighted by Crippen LogP contribution is 2.20. The Hall–Kier alpha value is -3.11. The largest absolute Gasteiger partial charge is 0.497 e. The Labute approximate surface area is 165 Å². The van der Waals surface area contributed by atoms with E-state index in [9.17, 15) is 14.4 Å². The molecule has 148 valence electrons. The maximum absolute atomic E-state index is 12.3. The summed E-state index contributed by atoms with van der Waals surface area (Å²) in [5.41, 5.74) is 0.127. The van der Waals surface area contributed by atoms with Crippen LogP contribution in [0.2, 0.25) is 0 Å². The van der Waals surface area contributed by atoms with Crippen LogP contribution in [0.25, 0.3) is 0 Å². The molecule has 2 N–H and O–H groups in total. The standard InChI is InChI=1S/C21H25N3O4/c1-5-15(2)8-9-21(19(26)22-20(27)23-21)10-11-24(3)13-16-6-7-18(28-4)12-17(16)14-25/h5-7,12,14-15H,1,10-11,13H2,2-4H3,(H2,22,23,26,27). The molecule has 1 saturated heterocycles. The second-order valence-corrected chi connectivity index (χ2v) is 6.78. The first-order chi connectivity index (χ1) is 13.3. The highest BCUT2D eigenvalue weighted by Gasteiger charge is 2.44. The predicted molar refractivity (Wildman–Crippen MR) is 106 cm³/mol. The molecule has 1 aromatic carbocycles. The molecule has 7 heteroatoms. The first kappa shape index (κ1) is 21.2. The first-order valence-electron chi connectivity index (χ1n) is 8.93. The van der Waals surface area contributed by atoms with Gasteiger partial charge in [0, 0.05) is 31.0 Å². The lowest BCUT2D eigenvalue weighted by Crippen LogP contribution is -2.47. The third-order valence-corrected chi connectivity index (χ3v) is 4.60. The van der Waals surface area contributed by atoms with Crippen LogP contribution in [-0.4, -0.2) is 49.4 Å². The molecule has 3 amide bonds. The lowest BCUT2D eigenvalue weighted by molar-refractivity contribution is -0.122. The van der Waals surface area contributed by atoms with Gasteiger partial charge < -0.3 is 15.0 Å². The fourth-order valence-corrected chi connectivity index (χ4v) is 2.80. The zero-order valence-corrected chi connectivity index (χ0v) is 16.4. The van der Waals surface area contributed by atoms with E-state index in [4.69, 9.17) is 4.74 Å². The van der Waals surface area contributed by atoms with Gasteiger partial charge >= 0.3 is 6.03 Å². The number of nitrogens with one attached hydrogen (secondary N) is 2.